The summed E-state index contributed by atoms with van der Waals surface area (Å²) in [5, 5.41) is 7.15. The predicted octanol–water partition coefficient (Wildman–Crippen LogP) is 3.09. The molecule has 0 aliphatic heterocycles. The van der Waals surface area contributed by atoms with Crippen molar-refractivity contribution in [1.82, 2.24) is 19.6 Å². The minimum Gasteiger partial charge on any atom is -0.484 e. The van der Waals surface area contributed by atoms with Crippen LogP contribution in [0.15, 0.2) is 77.9 Å². The van der Waals surface area contributed by atoms with Crippen molar-refractivity contribution in [1.29, 1.82) is 0 Å². The monoisotopic (exact) mass is 469 g/mol. The van der Waals surface area contributed by atoms with Gasteiger partial charge in [0.1, 0.15) is 5.75 Å². The highest BCUT2D eigenvalue weighted by atomic mass is 32.1. The van der Waals surface area contributed by atoms with Gasteiger partial charge in [-0.25, -0.2) is 0 Å². The molecule has 0 saturated heterocycles. The molecule has 5 aromatic rings. The first-order valence-corrected chi connectivity index (χ1v) is 11.3. The van der Waals surface area contributed by atoms with Crippen LogP contribution in [0.3, 0.4) is 0 Å². The van der Waals surface area contributed by atoms with Gasteiger partial charge in [-0.1, -0.05) is 35.6 Å². The van der Waals surface area contributed by atoms with E-state index in [9.17, 15) is 9.59 Å². The van der Waals surface area contributed by atoms with Crippen molar-refractivity contribution in [3.63, 3.8) is 0 Å². The Labute approximate surface area is 198 Å². The van der Waals surface area contributed by atoms with Crippen molar-refractivity contribution in [2.45, 2.75) is 6.92 Å². The van der Waals surface area contributed by atoms with Crippen molar-refractivity contribution < 1.29 is 9.53 Å². The number of nitrogens with one attached hydrogen (secondary N) is 1. The number of aromatic nitrogens is 4. The average Bonchev–Trinajstić information content (AvgIpc) is 3.38. The van der Waals surface area contributed by atoms with Crippen LogP contribution in [0.2, 0.25) is 0 Å². The standard InChI is InChI=1S/C25H19N5O3S/c1-16-4-2-6-19(12-16)27-22(31)15-33-20-7-3-5-17(13-20)14-21-24(32)30-25(34-21)28-23(29-30)18-8-10-26-11-9-18/h2-14H,15H2,1H3,(H,27,31)/b21-14-. The van der Waals surface area contributed by atoms with Gasteiger partial charge in [0.15, 0.2) is 12.4 Å². The van der Waals surface area contributed by atoms with E-state index in [4.69, 9.17) is 4.74 Å². The zero-order valence-electron chi connectivity index (χ0n) is 18.1. The number of nitrogens with zero attached hydrogens (tertiary/aromatic N) is 4. The van der Waals surface area contributed by atoms with E-state index in [1.54, 1.807) is 42.7 Å². The Bertz CT molecular complexity index is 1590. The SMILES string of the molecule is Cc1cccc(NC(=O)COc2cccc(/C=c3\sc4nc(-c5ccncc5)nn4c3=O)c2)c1. The number of rotatable bonds is 6. The molecule has 0 bridgehead atoms. The lowest BCUT2D eigenvalue weighted by atomic mass is 10.2. The summed E-state index contributed by atoms with van der Waals surface area (Å²) in [6.45, 7) is 1.83. The molecule has 0 fully saturated rings. The molecule has 0 aliphatic carbocycles. The number of ether oxygens (including phenoxy) is 1. The highest BCUT2D eigenvalue weighted by Crippen LogP contribution is 2.17. The van der Waals surface area contributed by atoms with Crippen molar-refractivity contribution in [3.8, 4) is 17.1 Å². The second kappa shape index (κ2) is 9.24. The number of amides is 1. The molecule has 1 N–H and O–H groups in total. The molecule has 0 saturated carbocycles. The van der Waals surface area contributed by atoms with Crippen LogP contribution < -0.4 is 20.1 Å². The molecule has 3 heterocycles. The minimum absolute atomic E-state index is 0.126. The van der Waals surface area contributed by atoms with Gasteiger partial charge in [0.2, 0.25) is 4.96 Å². The molecular formula is C25H19N5O3S. The Kier molecular flexibility index (Phi) is 5.84. The molecule has 2 aromatic carbocycles. The van der Waals surface area contributed by atoms with Crippen LogP contribution in [0.5, 0.6) is 5.75 Å². The Balaban J connectivity index is 1.31. The lowest BCUT2D eigenvalue weighted by molar-refractivity contribution is -0.118. The van der Waals surface area contributed by atoms with Gasteiger partial charge in [-0.2, -0.15) is 9.50 Å². The second-order valence-corrected chi connectivity index (χ2v) is 8.57. The van der Waals surface area contributed by atoms with Crippen LogP contribution in [0.25, 0.3) is 22.4 Å². The normalized spacial score (nSPS) is 11.6. The maximum atomic E-state index is 12.8. The third kappa shape index (κ3) is 4.69. The second-order valence-electron chi connectivity index (χ2n) is 7.56. The Morgan fingerprint density at radius 2 is 1.94 bits per heavy atom. The molecule has 0 radical (unpaired) electrons. The third-order valence-electron chi connectivity index (χ3n) is 4.95. The molecule has 1 amide bonds. The molecule has 5 rings (SSSR count). The molecule has 9 heteroatoms. The number of hydrogen-bond donors (Lipinski definition) is 1. The topological polar surface area (TPSA) is 98.5 Å². The first-order valence-electron chi connectivity index (χ1n) is 10.5. The van der Waals surface area contributed by atoms with Gasteiger partial charge in [-0.05, 0) is 60.5 Å². The number of carbonyl (C=O) groups excluding carboxylic acids is 1. The van der Waals surface area contributed by atoms with E-state index >= 15 is 0 Å². The lowest BCUT2D eigenvalue weighted by Crippen LogP contribution is -2.23. The Hall–Kier alpha value is -4.37. The molecule has 0 atom stereocenters. The summed E-state index contributed by atoms with van der Waals surface area (Å²) in [5.41, 5.74) is 3.11. The van der Waals surface area contributed by atoms with Crippen LogP contribution in [-0.2, 0) is 4.79 Å². The number of hydrogen-bond acceptors (Lipinski definition) is 7. The van der Waals surface area contributed by atoms with E-state index in [-0.39, 0.29) is 18.1 Å². The zero-order valence-corrected chi connectivity index (χ0v) is 19.0. The van der Waals surface area contributed by atoms with E-state index in [2.05, 4.69) is 20.4 Å². The number of anilines is 1. The van der Waals surface area contributed by atoms with Crippen LogP contribution in [-0.4, -0.2) is 32.1 Å². The Morgan fingerprint density at radius 1 is 1.12 bits per heavy atom. The fraction of sp³-hybridized carbons (Fsp3) is 0.0800. The maximum absolute atomic E-state index is 12.8. The fourth-order valence-electron chi connectivity index (χ4n) is 3.37. The van der Waals surface area contributed by atoms with Gasteiger partial charge in [0.05, 0.1) is 4.53 Å². The third-order valence-corrected chi connectivity index (χ3v) is 5.91. The molecule has 34 heavy (non-hydrogen) atoms. The van der Waals surface area contributed by atoms with E-state index in [0.717, 1.165) is 22.4 Å². The smallest absolute Gasteiger partial charge is 0.291 e. The summed E-state index contributed by atoms with van der Waals surface area (Å²) in [5.74, 6) is 0.758. The lowest BCUT2D eigenvalue weighted by Gasteiger charge is -2.08. The molecule has 0 spiro atoms. The predicted molar refractivity (Wildman–Crippen MR) is 131 cm³/mol. The van der Waals surface area contributed by atoms with Crippen molar-refractivity contribution in [3.05, 3.63) is 99.1 Å². The first kappa shape index (κ1) is 21.5. The van der Waals surface area contributed by atoms with Crippen LogP contribution >= 0.6 is 11.3 Å². The van der Waals surface area contributed by atoms with E-state index < -0.39 is 0 Å². The molecule has 3 aromatic heterocycles. The van der Waals surface area contributed by atoms with E-state index in [1.807, 2.05) is 43.3 Å². The summed E-state index contributed by atoms with van der Waals surface area (Å²) < 4.78 is 7.46. The summed E-state index contributed by atoms with van der Waals surface area (Å²) in [7, 11) is 0. The van der Waals surface area contributed by atoms with Crippen LogP contribution in [0.4, 0.5) is 5.69 Å². The number of aryl methyl sites for hydroxylation is 1. The van der Waals surface area contributed by atoms with Gasteiger partial charge in [0, 0.05) is 23.6 Å². The van der Waals surface area contributed by atoms with Crippen LogP contribution in [0.1, 0.15) is 11.1 Å². The van der Waals surface area contributed by atoms with Gasteiger partial charge in [-0.15, -0.1) is 5.10 Å². The Morgan fingerprint density at radius 3 is 2.74 bits per heavy atom. The summed E-state index contributed by atoms with van der Waals surface area (Å²) in [6.07, 6.45) is 5.07. The number of benzene rings is 2. The van der Waals surface area contributed by atoms with E-state index in [0.29, 0.717) is 21.1 Å². The molecule has 0 aliphatic rings. The number of fused-ring (bicyclic) bond motifs is 1. The first-order chi connectivity index (χ1) is 16.5. The van der Waals surface area contributed by atoms with Crippen molar-refractivity contribution >= 4 is 34.0 Å². The number of carbonyl (C=O) groups is 1. The molecule has 8 nitrogen and oxygen atoms in total. The van der Waals surface area contributed by atoms with Crippen LogP contribution in [0, 0.1) is 6.92 Å². The zero-order chi connectivity index (χ0) is 23.5. The molecular weight excluding hydrogens is 450 g/mol. The van der Waals surface area contributed by atoms with Gasteiger partial charge in [-0.3, -0.25) is 14.6 Å². The highest BCUT2D eigenvalue weighted by molar-refractivity contribution is 7.15. The highest BCUT2D eigenvalue weighted by Gasteiger charge is 2.12. The quantitative estimate of drug-likeness (QED) is 0.410. The summed E-state index contributed by atoms with van der Waals surface area (Å²) in [4.78, 5) is 34.0. The average molecular weight is 470 g/mol. The number of pyridine rings is 1. The van der Waals surface area contributed by atoms with Crippen molar-refractivity contribution in [2.75, 3.05) is 11.9 Å². The fourth-order valence-corrected chi connectivity index (χ4v) is 4.28. The van der Waals surface area contributed by atoms with Gasteiger partial charge in [0.25, 0.3) is 11.5 Å². The van der Waals surface area contributed by atoms with Crippen molar-refractivity contribution in [2.24, 2.45) is 0 Å². The molecule has 168 valence electrons. The molecule has 0 unspecified atom stereocenters. The minimum atomic E-state index is -0.252. The van der Waals surface area contributed by atoms with E-state index in [1.165, 1.54) is 15.9 Å². The maximum Gasteiger partial charge on any atom is 0.291 e. The van der Waals surface area contributed by atoms with Gasteiger partial charge >= 0.3 is 0 Å². The summed E-state index contributed by atoms with van der Waals surface area (Å²) >= 11 is 1.26. The largest absolute Gasteiger partial charge is 0.484 e. The summed E-state index contributed by atoms with van der Waals surface area (Å²) in [6, 6.07) is 18.4. The van der Waals surface area contributed by atoms with Gasteiger partial charge < -0.3 is 10.1 Å². The number of thiazole rings is 1.